The van der Waals surface area contributed by atoms with Gasteiger partial charge >= 0.3 is 0 Å². The summed E-state index contributed by atoms with van der Waals surface area (Å²) >= 11 is 8.02. The van der Waals surface area contributed by atoms with Crippen LogP contribution in [0, 0.1) is 0 Å². The summed E-state index contributed by atoms with van der Waals surface area (Å²) in [5, 5.41) is 51.9. The van der Waals surface area contributed by atoms with E-state index in [0.717, 1.165) is 20.7 Å². The van der Waals surface area contributed by atoms with Gasteiger partial charge in [-0.3, -0.25) is 0 Å². The fourth-order valence-corrected chi connectivity index (χ4v) is 5.37. The Morgan fingerprint density at radius 3 is 2.36 bits per heavy atom. The molecule has 1 aromatic heterocycles. The normalized spacial score (nSPS) is 26.1. The van der Waals surface area contributed by atoms with Gasteiger partial charge in [0, 0.05) is 27.8 Å². The quantitative estimate of drug-likeness (QED) is 0.358. The van der Waals surface area contributed by atoms with Gasteiger partial charge in [-0.05, 0) is 37.6 Å². The topological polar surface area (TPSA) is 115 Å². The van der Waals surface area contributed by atoms with Gasteiger partial charge in [-0.1, -0.05) is 47.6 Å². The zero-order valence-electron chi connectivity index (χ0n) is 18.3. The molecule has 4 rings (SSSR count). The Labute approximate surface area is 201 Å². The number of hydrogen-bond donors (Lipinski definition) is 5. The minimum absolute atomic E-state index is 0.442. The number of fused-ring (bicyclic) bond motifs is 1. The molecule has 0 unspecified atom stereocenters. The van der Waals surface area contributed by atoms with Gasteiger partial charge in [0.2, 0.25) is 0 Å². The van der Waals surface area contributed by atoms with E-state index in [0.29, 0.717) is 17.0 Å². The van der Waals surface area contributed by atoms with Crippen molar-refractivity contribution < 1.29 is 30.3 Å². The second-order valence-electron chi connectivity index (χ2n) is 8.99. The Morgan fingerprint density at radius 1 is 1.03 bits per heavy atom. The molecule has 0 saturated carbocycles. The molecule has 1 saturated heterocycles. The Balaban J connectivity index is 1.69. The minimum Gasteiger partial charge on any atom is -0.394 e. The highest BCUT2D eigenvalue weighted by atomic mass is 35.5. The molecule has 0 amide bonds. The van der Waals surface area contributed by atoms with Crippen molar-refractivity contribution in [1.82, 2.24) is 4.57 Å². The van der Waals surface area contributed by atoms with Crippen LogP contribution in [0.25, 0.3) is 10.9 Å². The van der Waals surface area contributed by atoms with E-state index < -0.39 is 42.9 Å². The highest BCUT2D eigenvalue weighted by molar-refractivity contribution is 7.99. The van der Waals surface area contributed by atoms with Crippen LogP contribution in [-0.2, 0) is 11.2 Å². The maximum Gasteiger partial charge on any atom is 0.163 e. The third kappa shape index (κ3) is 5.08. The molecule has 33 heavy (non-hydrogen) atoms. The number of aliphatic hydroxyl groups excluding tert-OH is 4. The summed E-state index contributed by atoms with van der Waals surface area (Å²) in [6.07, 6.45) is -4.08. The summed E-state index contributed by atoms with van der Waals surface area (Å²) in [5.41, 5.74) is 0.854. The van der Waals surface area contributed by atoms with E-state index >= 15 is 0 Å². The molecule has 0 bridgehead atoms. The number of hydrogen-bond acceptors (Lipinski definition) is 7. The van der Waals surface area contributed by atoms with Gasteiger partial charge in [-0.2, -0.15) is 0 Å². The highest BCUT2D eigenvalue weighted by Gasteiger charge is 2.44. The smallest absolute Gasteiger partial charge is 0.163 e. The monoisotopic (exact) mass is 493 g/mol. The van der Waals surface area contributed by atoms with Crippen LogP contribution in [0.3, 0.4) is 0 Å². The molecule has 178 valence electrons. The number of halogens is 1. The molecule has 5 N–H and O–H groups in total. The number of para-hydroxylation sites is 1. The molecule has 5 atom stereocenters. The predicted molar refractivity (Wildman–Crippen MR) is 127 cm³/mol. The van der Waals surface area contributed by atoms with Crippen LogP contribution in [0.15, 0.2) is 58.5 Å². The fourth-order valence-electron chi connectivity index (χ4n) is 4.13. The van der Waals surface area contributed by atoms with Crippen LogP contribution in [-0.4, -0.2) is 66.7 Å². The van der Waals surface area contributed by atoms with E-state index in [4.69, 9.17) is 16.3 Å². The maximum absolute atomic E-state index is 10.6. The molecular formula is C24H28ClNO6S. The Hall–Kier alpha value is -1.62. The van der Waals surface area contributed by atoms with E-state index in [-0.39, 0.29) is 0 Å². The van der Waals surface area contributed by atoms with E-state index in [1.807, 2.05) is 36.4 Å². The van der Waals surface area contributed by atoms with Crippen molar-refractivity contribution in [2.24, 2.45) is 0 Å². The Morgan fingerprint density at radius 2 is 1.73 bits per heavy atom. The fraction of sp³-hybridized carbons (Fsp3) is 0.417. The largest absolute Gasteiger partial charge is 0.394 e. The predicted octanol–water partition coefficient (Wildman–Crippen LogP) is 2.73. The minimum atomic E-state index is -1.49. The SMILES string of the molecule is CC(C)(O)Cc1ccc(Sc2cn([C@@H]3O[C@H](CO)[C@@H](O)[C@H](O)[C@H]3O)c3c(Cl)cccc23)cc1. The van der Waals surface area contributed by atoms with Gasteiger partial charge in [0.15, 0.2) is 6.23 Å². The average molecular weight is 494 g/mol. The second-order valence-corrected chi connectivity index (χ2v) is 10.5. The molecule has 7 nitrogen and oxygen atoms in total. The number of rotatable bonds is 6. The average Bonchev–Trinajstić information content (AvgIpc) is 3.12. The van der Waals surface area contributed by atoms with Gasteiger partial charge in [0.1, 0.15) is 24.4 Å². The van der Waals surface area contributed by atoms with Gasteiger partial charge in [-0.15, -0.1) is 0 Å². The lowest BCUT2D eigenvalue weighted by molar-refractivity contribution is -0.250. The van der Waals surface area contributed by atoms with Crippen LogP contribution in [0.1, 0.15) is 25.6 Å². The van der Waals surface area contributed by atoms with Crippen LogP contribution in [0.4, 0.5) is 0 Å². The molecule has 1 aliphatic rings. The summed E-state index contributed by atoms with van der Waals surface area (Å²) in [6, 6.07) is 13.4. The molecule has 2 aromatic carbocycles. The van der Waals surface area contributed by atoms with Gasteiger partial charge < -0.3 is 34.8 Å². The number of aliphatic hydroxyl groups is 5. The lowest BCUT2D eigenvalue weighted by Crippen LogP contribution is -2.56. The first kappa shape index (κ1) is 24.5. The number of aromatic nitrogens is 1. The number of benzene rings is 2. The van der Waals surface area contributed by atoms with Gasteiger partial charge in [-0.25, -0.2) is 0 Å². The first-order valence-corrected chi connectivity index (χ1v) is 11.9. The van der Waals surface area contributed by atoms with Crippen LogP contribution < -0.4 is 0 Å². The van der Waals surface area contributed by atoms with Crippen molar-refractivity contribution in [3.05, 3.63) is 59.2 Å². The number of ether oxygens (including phenoxy) is 1. The van der Waals surface area contributed by atoms with E-state index in [2.05, 4.69) is 0 Å². The molecule has 3 aromatic rings. The third-order valence-electron chi connectivity index (χ3n) is 5.70. The molecule has 1 aliphatic heterocycles. The maximum atomic E-state index is 10.6. The molecule has 0 aliphatic carbocycles. The van der Waals surface area contributed by atoms with E-state index in [1.54, 1.807) is 30.7 Å². The Kier molecular flexibility index (Phi) is 7.10. The number of nitrogens with zero attached hydrogens (tertiary/aromatic N) is 1. The lowest BCUT2D eigenvalue weighted by Gasteiger charge is -2.40. The Bertz CT molecular complexity index is 1110. The highest BCUT2D eigenvalue weighted by Crippen LogP contribution is 2.41. The summed E-state index contributed by atoms with van der Waals surface area (Å²) in [5.74, 6) is 0. The summed E-state index contributed by atoms with van der Waals surface area (Å²) in [6.45, 7) is 3.04. The van der Waals surface area contributed by atoms with Crippen molar-refractivity contribution >= 4 is 34.3 Å². The molecule has 0 spiro atoms. The molecule has 1 fully saturated rings. The molecular weight excluding hydrogens is 466 g/mol. The van der Waals surface area contributed by atoms with Crippen molar-refractivity contribution in [3.63, 3.8) is 0 Å². The lowest BCUT2D eigenvalue weighted by atomic mass is 9.98. The summed E-state index contributed by atoms with van der Waals surface area (Å²) < 4.78 is 7.41. The van der Waals surface area contributed by atoms with Crippen LogP contribution in [0.5, 0.6) is 0 Å². The molecule has 0 radical (unpaired) electrons. The standard InChI is InChI=1S/C24H28ClNO6S/c1-24(2,31)10-13-6-8-14(9-7-13)33-18-11-26(19-15(18)4-3-5-16(19)25)23-22(30)21(29)20(28)17(12-27)32-23/h3-9,11,17,20-23,27-31H,10,12H2,1-2H3/t17-,20-,21+,22-,23-/m1/s1. The van der Waals surface area contributed by atoms with E-state index in [1.165, 1.54) is 11.8 Å². The summed E-state index contributed by atoms with van der Waals surface area (Å²) in [4.78, 5) is 1.84. The zero-order chi connectivity index (χ0) is 23.9. The zero-order valence-corrected chi connectivity index (χ0v) is 19.9. The third-order valence-corrected chi connectivity index (χ3v) is 7.05. The van der Waals surface area contributed by atoms with Crippen LogP contribution in [0.2, 0.25) is 5.02 Å². The van der Waals surface area contributed by atoms with Crippen molar-refractivity contribution in [2.75, 3.05) is 6.61 Å². The molecule has 9 heteroatoms. The second kappa shape index (κ2) is 9.56. The first-order chi connectivity index (χ1) is 15.6. The van der Waals surface area contributed by atoms with Gasteiger partial charge in [0.05, 0.1) is 22.7 Å². The summed E-state index contributed by atoms with van der Waals surface area (Å²) in [7, 11) is 0. The molecule has 2 heterocycles. The van der Waals surface area contributed by atoms with Crippen molar-refractivity contribution in [3.8, 4) is 0 Å². The van der Waals surface area contributed by atoms with Crippen molar-refractivity contribution in [2.45, 2.75) is 66.3 Å². The first-order valence-electron chi connectivity index (χ1n) is 10.7. The van der Waals surface area contributed by atoms with Crippen LogP contribution >= 0.6 is 23.4 Å². The van der Waals surface area contributed by atoms with E-state index in [9.17, 15) is 25.5 Å². The van der Waals surface area contributed by atoms with Crippen molar-refractivity contribution in [1.29, 1.82) is 0 Å². The van der Waals surface area contributed by atoms with Gasteiger partial charge in [0.25, 0.3) is 0 Å².